The zero-order chi connectivity index (χ0) is 24.2. The molecule has 4 aromatic rings. The van der Waals surface area contributed by atoms with Crippen molar-refractivity contribution < 1.29 is 14.3 Å². The molecule has 0 aliphatic heterocycles. The van der Waals surface area contributed by atoms with E-state index in [1.807, 2.05) is 25.1 Å². The molecule has 3 amide bonds. The maximum absolute atomic E-state index is 13.5. The molecular formula is C23H22N6O4S. The minimum absolute atomic E-state index is 0.0798. The second kappa shape index (κ2) is 9.79. The van der Waals surface area contributed by atoms with Gasteiger partial charge in [-0.3, -0.25) is 19.3 Å². The molecule has 2 N–H and O–H groups in total. The molecule has 2 aromatic carbocycles. The van der Waals surface area contributed by atoms with E-state index in [0.717, 1.165) is 17.3 Å². The van der Waals surface area contributed by atoms with Crippen molar-refractivity contribution in [3.63, 3.8) is 0 Å². The number of nitrogens with one attached hydrogen (secondary N) is 2. The Morgan fingerprint density at radius 2 is 2.00 bits per heavy atom. The molecule has 0 unspecified atom stereocenters. The van der Waals surface area contributed by atoms with Crippen LogP contribution in [0.5, 0.6) is 5.75 Å². The van der Waals surface area contributed by atoms with Crippen molar-refractivity contribution in [3.8, 4) is 11.4 Å². The number of hydrogen-bond acceptors (Lipinski definition) is 7. The van der Waals surface area contributed by atoms with E-state index in [-0.39, 0.29) is 23.6 Å². The Bertz CT molecular complexity index is 1480. The smallest absolute Gasteiger partial charge is 0.321 e. The summed E-state index contributed by atoms with van der Waals surface area (Å²) >= 11 is 1.10. The van der Waals surface area contributed by atoms with Crippen LogP contribution >= 0.6 is 11.8 Å². The summed E-state index contributed by atoms with van der Waals surface area (Å²) < 4.78 is 8.67. The van der Waals surface area contributed by atoms with E-state index < -0.39 is 11.9 Å². The highest BCUT2D eigenvalue weighted by Crippen LogP contribution is 2.27. The van der Waals surface area contributed by atoms with Crippen LogP contribution in [-0.2, 0) is 4.79 Å². The number of hydrogen-bond donors (Lipinski definition) is 2. The highest BCUT2D eigenvalue weighted by molar-refractivity contribution is 7.99. The van der Waals surface area contributed by atoms with Crippen LogP contribution in [0.1, 0.15) is 5.56 Å². The number of carbonyl (C=O) groups excluding carboxylic acids is 2. The van der Waals surface area contributed by atoms with Gasteiger partial charge in [-0.05, 0) is 36.8 Å². The Morgan fingerprint density at radius 1 is 1.21 bits per heavy atom. The zero-order valence-electron chi connectivity index (χ0n) is 18.6. The number of carbonyl (C=O) groups is 2. The number of fused-ring (bicyclic) bond motifs is 3. The number of para-hydroxylation sites is 1. The zero-order valence-corrected chi connectivity index (χ0v) is 19.4. The lowest BCUT2D eigenvalue weighted by Crippen LogP contribution is -2.40. The predicted octanol–water partition coefficient (Wildman–Crippen LogP) is 2.45. The number of benzene rings is 2. The summed E-state index contributed by atoms with van der Waals surface area (Å²) in [6.07, 6.45) is 1.51. The van der Waals surface area contributed by atoms with Gasteiger partial charge in [0.1, 0.15) is 5.75 Å². The average molecular weight is 479 g/mol. The first-order valence-corrected chi connectivity index (χ1v) is 11.3. The van der Waals surface area contributed by atoms with Gasteiger partial charge in [0.15, 0.2) is 5.16 Å². The summed E-state index contributed by atoms with van der Waals surface area (Å²) in [4.78, 5) is 37.4. The van der Waals surface area contributed by atoms with Crippen molar-refractivity contribution in [3.05, 3.63) is 71.0 Å². The SMILES string of the molecule is C=CCNC(=O)NC(=O)CSc1nnc2n(-c3cc(C)ccc3OC)c(=O)c3ccccc3n12. The Hall–Kier alpha value is -4.12. The normalized spacial score (nSPS) is 10.9. The highest BCUT2D eigenvalue weighted by atomic mass is 32.2. The molecule has 0 spiro atoms. The molecule has 34 heavy (non-hydrogen) atoms. The first-order valence-electron chi connectivity index (χ1n) is 10.3. The maximum Gasteiger partial charge on any atom is 0.321 e. The summed E-state index contributed by atoms with van der Waals surface area (Å²) in [5.74, 6) is 0.205. The third-order valence-electron chi connectivity index (χ3n) is 4.96. The van der Waals surface area contributed by atoms with Crippen LogP contribution in [0.15, 0.2) is 65.1 Å². The van der Waals surface area contributed by atoms with E-state index in [0.29, 0.717) is 27.5 Å². The van der Waals surface area contributed by atoms with Gasteiger partial charge in [-0.25, -0.2) is 9.36 Å². The number of aromatic nitrogens is 4. The van der Waals surface area contributed by atoms with Crippen LogP contribution in [0.3, 0.4) is 0 Å². The fourth-order valence-corrected chi connectivity index (χ4v) is 4.21. The number of nitrogens with zero attached hydrogens (tertiary/aromatic N) is 4. The van der Waals surface area contributed by atoms with Gasteiger partial charge in [0, 0.05) is 6.54 Å². The molecule has 0 saturated carbocycles. The second-order valence-corrected chi connectivity index (χ2v) is 8.23. The van der Waals surface area contributed by atoms with Crippen molar-refractivity contribution in [2.24, 2.45) is 0 Å². The summed E-state index contributed by atoms with van der Waals surface area (Å²) in [6, 6.07) is 12.0. The summed E-state index contributed by atoms with van der Waals surface area (Å²) in [5, 5.41) is 14.1. The molecule has 0 fully saturated rings. The Kier molecular flexibility index (Phi) is 6.64. The standard InChI is InChI=1S/C23H22N6O4S/c1-4-11-24-21(32)25-19(30)13-34-23-27-26-22-28(17-12-14(2)9-10-18(17)33-3)20(31)15-7-5-6-8-16(15)29(22)23/h4-10,12H,1,11,13H2,2-3H3,(H2,24,25,30,32). The van der Waals surface area contributed by atoms with E-state index in [9.17, 15) is 14.4 Å². The van der Waals surface area contributed by atoms with Crippen LogP contribution in [0.25, 0.3) is 22.4 Å². The molecule has 0 saturated heterocycles. The molecule has 2 aromatic heterocycles. The van der Waals surface area contributed by atoms with Crippen LogP contribution < -0.4 is 20.9 Å². The molecule has 4 rings (SSSR count). The number of imide groups is 1. The third kappa shape index (κ3) is 4.37. The molecule has 0 aliphatic carbocycles. The fourth-order valence-electron chi connectivity index (χ4n) is 3.47. The van der Waals surface area contributed by atoms with Crippen LogP contribution in [-0.4, -0.2) is 50.5 Å². The molecule has 0 aliphatic rings. The summed E-state index contributed by atoms with van der Waals surface area (Å²) in [6.45, 7) is 5.67. The molecule has 0 atom stereocenters. The summed E-state index contributed by atoms with van der Waals surface area (Å²) in [5.41, 5.74) is 1.80. The first kappa shape index (κ1) is 23.1. The lowest BCUT2D eigenvalue weighted by molar-refractivity contribution is -0.117. The largest absolute Gasteiger partial charge is 0.495 e. The topological polar surface area (TPSA) is 120 Å². The van der Waals surface area contributed by atoms with Gasteiger partial charge in [0.2, 0.25) is 11.7 Å². The van der Waals surface area contributed by atoms with Crippen molar-refractivity contribution in [1.82, 2.24) is 29.8 Å². The minimum atomic E-state index is -0.609. The Morgan fingerprint density at radius 3 is 2.76 bits per heavy atom. The Balaban J connectivity index is 1.80. The maximum atomic E-state index is 13.5. The van der Waals surface area contributed by atoms with Gasteiger partial charge >= 0.3 is 6.03 Å². The van der Waals surface area contributed by atoms with E-state index >= 15 is 0 Å². The lowest BCUT2D eigenvalue weighted by Gasteiger charge is -2.14. The fraction of sp³-hybridized carbons (Fsp3) is 0.174. The molecule has 10 nitrogen and oxygen atoms in total. The van der Waals surface area contributed by atoms with Crippen molar-refractivity contribution >= 4 is 40.4 Å². The van der Waals surface area contributed by atoms with Crippen molar-refractivity contribution in [1.29, 1.82) is 0 Å². The van der Waals surface area contributed by atoms with E-state index in [2.05, 4.69) is 27.4 Å². The van der Waals surface area contributed by atoms with Crippen LogP contribution in [0.4, 0.5) is 4.79 Å². The number of thioether (sulfide) groups is 1. The van der Waals surface area contributed by atoms with Gasteiger partial charge < -0.3 is 10.1 Å². The van der Waals surface area contributed by atoms with Gasteiger partial charge in [0.25, 0.3) is 5.56 Å². The molecule has 0 radical (unpaired) electrons. The summed E-state index contributed by atoms with van der Waals surface area (Å²) in [7, 11) is 1.53. The predicted molar refractivity (Wildman–Crippen MR) is 130 cm³/mol. The van der Waals surface area contributed by atoms with E-state index in [4.69, 9.17) is 4.74 Å². The Labute approximate surface area is 198 Å². The van der Waals surface area contributed by atoms with E-state index in [1.165, 1.54) is 17.8 Å². The number of ether oxygens (including phenoxy) is 1. The van der Waals surface area contributed by atoms with Crippen molar-refractivity contribution in [2.45, 2.75) is 12.1 Å². The molecule has 2 heterocycles. The number of aryl methyl sites for hydroxylation is 1. The van der Waals surface area contributed by atoms with E-state index in [1.54, 1.807) is 28.7 Å². The molecular weight excluding hydrogens is 456 g/mol. The number of rotatable bonds is 7. The van der Waals surface area contributed by atoms with Gasteiger partial charge in [-0.2, -0.15) is 0 Å². The molecule has 11 heteroatoms. The lowest BCUT2D eigenvalue weighted by atomic mass is 10.2. The minimum Gasteiger partial charge on any atom is -0.495 e. The number of amides is 3. The van der Waals surface area contributed by atoms with Gasteiger partial charge in [-0.15, -0.1) is 16.8 Å². The second-order valence-electron chi connectivity index (χ2n) is 7.29. The van der Waals surface area contributed by atoms with Crippen LogP contribution in [0.2, 0.25) is 0 Å². The van der Waals surface area contributed by atoms with Gasteiger partial charge in [-0.1, -0.05) is 36.0 Å². The van der Waals surface area contributed by atoms with Gasteiger partial charge in [0.05, 0.1) is 29.5 Å². The third-order valence-corrected chi connectivity index (χ3v) is 5.89. The number of methoxy groups -OCH3 is 1. The first-order chi connectivity index (χ1) is 16.4. The quantitative estimate of drug-likeness (QED) is 0.309. The molecule has 174 valence electrons. The highest BCUT2D eigenvalue weighted by Gasteiger charge is 2.20. The number of urea groups is 1. The molecule has 0 bridgehead atoms. The van der Waals surface area contributed by atoms with Crippen molar-refractivity contribution in [2.75, 3.05) is 19.4 Å². The monoisotopic (exact) mass is 478 g/mol. The van der Waals surface area contributed by atoms with Crippen LogP contribution in [0, 0.1) is 6.92 Å². The average Bonchev–Trinajstić information content (AvgIpc) is 3.25.